The molecule has 0 aromatic heterocycles. The van der Waals surface area contributed by atoms with Crippen LogP contribution in [-0.4, -0.2) is 36.1 Å². The summed E-state index contributed by atoms with van der Waals surface area (Å²) in [6, 6.07) is 6.68. The van der Waals surface area contributed by atoms with Crippen molar-refractivity contribution in [3.8, 4) is 0 Å². The van der Waals surface area contributed by atoms with Crippen LogP contribution < -0.4 is 0 Å². The van der Waals surface area contributed by atoms with Crippen LogP contribution in [-0.2, 0) is 14.9 Å². The zero-order valence-corrected chi connectivity index (χ0v) is 15.8. The van der Waals surface area contributed by atoms with E-state index in [4.69, 9.17) is 0 Å². The predicted molar refractivity (Wildman–Crippen MR) is 96.9 cm³/mol. The summed E-state index contributed by atoms with van der Waals surface area (Å²) in [5.41, 5.74) is 1.00. The first-order chi connectivity index (χ1) is 10.7. The summed E-state index contributed by atoms with van der Waals surface area (Å²) >= 11 is 0. The number of aryl methyl sites for hydroxylation is 1. The highest BCUT2D eigenvalue weighted by molar-refractivity contribution is 8.31. The van der Waals surface area contributed by atoms with Crippen LogP contribution in [0.25, 0.3) is 0 Å². The quantitative estimate of drug-likeness (QED) is 0.571. The standard InChI is InChI=1S/C17H26O4S2/c1-14-9-11-16(12-10-14)23(19,20)21-22(2,3)13-17(18)15-7-5-4-6-8-15/h9-12,15H,4-8,13H2,1-3H3/p+1. The molecule has 4 nitrogen and oxygen atoms in total. The molecule has 1 saturated carbocycles. The fraction of sp³-hybridized carbons (Fsp3) is 0.588. The number of benzene rings is 1. The van der Waals surface area contributed by atoms with E-state index >= 15 is 0 Å². The molecule has 0 spiro atoms. The second-order valence-corrected chi connectivity index (χ2v) is 12.1. The summed E-state index contributed by atoms with van der Waals surface area (Å²) in [7, 11) is -5.56. The molecule has 23 heavy (non-hydrogen) atoms. The first-order valence-corrected chi connectivity index (χ1v) is 12.0. The Labute approximate surface area is 141 Å². The average molecular weight is 360 g/mol. The van der Waals surface area contributed by atoms with Crippen LogP contribution in [0, 0.1) is 12.8 Å². The highest BCUT2D eigenvalue weighted by Crippen LogP contribution is 2.43. The fourth-order valence-electron chi connectivity index (χ4n) is 2.94. The zero-order chi connectivity index (χ0) is 17.1. The Morgan fingerprint density at radius 1 is 1.09 bits per heavy atom. The molecule has 0 aliphatic heterocycles. The summed E-state index contributed by atoms with van der Waals surface area (Å²) in [4.78, 5) is 12.6. The van der Waals surface area contributed by atoms with E-state index in [0.29, 0.717) is 0 Å². The van der Waals surface area contributed by atoms with E-state index in [1.165, 1.54) is 6.42 Å². The van der Waals surface area contributed by atoms with Crippen LogP contribution in [0.3, 0.4) is 0 Å². The van der Waals surface area contributed by atoms with Gasteiger partial charge in [0.2, 0.25) is 0 Å². The molecule has 0 unspecified atom stereocenters. The van der Waals surface area contributed by atoms with Gasteiger partial charge in [-0.15, -0.1) is 8.42 Å². The molecule has 0 amide bonds. The number of carbonyl (C=O) groups excluding carboxylic acids is 1. The Morgan fingerprint density at radius 3 is 2.22 bits per heavy atom. The lowest BCUT2D eigenvalue weighted by Gasteiger charge is -2.28. The molecule has 1 fully saturated rings. The third kappa shape index (κ3) is 5.33. The van der Waals surface area contributed by atoms with Crippen molar-refractivity contribution in [2.75, 3.05) is 18.3 Å². The summed E-state index contributed by atoms with van der Waals surface area (Å²) in [6.07, 6.45) is 8.90. The van der Waals surface area contributed by atoms with E-state index in [0.717, 1.165) is 31.2 Å². The van der Waals surface area contributed by atoms with Crippen LogP contribution in [0.15, 0.2) is 29.2 Å². The molecule has 0 heterocycles. The zero-order valence-electron chi connectivity index (χ0n) is 14.1. The fourth-order valence-corrected chi connectivity index (χ4v) is 7.03. The Bertz CT molecular complexity index is 642. The first kappa shape index (κ1) is 18.5. The maximum absolute atomic E-state index is 12.5. The Kier molecular flexibility index (Phi) is 5.92. The van der Waals surface area contributed by atoms with Crippen molar-refractivity contribution in [3.63, 3.8) is 0 Å². The molecule has 1 aliphatic rings. The van der Waals surface area contributed by atoms with Crippen molar-refractivity contribution in [1.82, 2.24) is 0 Å². The predicted octanol–water partition coefficient (Wildman–Crippen LogP) is 3.91. The van der Waals surface area contributed by atoms with Crippen molar-refractivity contribution in [3.05, 3.63) is 29.8 Å². The highest BCUT2D eigenvalue weighted by atomic mass is 32.3. The molecule has 0 radical (unpaired) electrons. The Hall–Kier alpha value is -0.850. The van der Waals surface area contributed by atoms with Gasteiger partial charge in [-0.3, -0.25) is 8.42 Å². The minimum absolute atomic E-state index is 0.104. The smallest absolute Gasteiger partial charge is 0.298 e. The number of hydrogen-bond acceptors (Lipinski definition) is 3. The van der Waals surface area contributed by atoms with E-state index in [-0.39, 0.29) is 22.3 Å². The molecule has 2 rings (SSSR count). The molecular formula is C17H27O4S2+. The maximum atomic E-state index is 12.5. The second kappa shape index (κ2) is 7.36. The Morgan fingerprint density at radius 2 is 1.65 bits per heavy atom. The first-order valence-electron chi connectivity index (χ1n) is 7.99. The summed E-state index contributed by atoms with van der Waals surface area (Å²) < 4.78 is 29.0. The molecule has 1 aromatic rings. The van der Waals surface area contributed by atoms with Crippen molar-refractivity contribution >= 4 is 26.2 Å². The summed E-state index contributed by atoms with van der Waals surface area (Å²) in [6.45, 7) is 1.91. The summed E-state index contributed by atoms with van der Waals surface area (Å²) in [5.74, 6) is 0.559. The third-order valence-electron chi connectivity index (χ3n) is 4.17. The Balaban J connectivity index is 2.04. The van der Waals surface area contributed by atoms with E-state index in [9.17, 15) is 13.2 Å². The highest BCUT2D eigenvalue weighted by Gasteiger charge is 2.34. The largest absolute Gasteiger partial charge is 0.421 e. The number of carbonyl (C=O) groups is 1. The molecule has 0 saturated heterocycles. The lowest BCUT2D eigenvalue weighted by Crippen LogP contribution is -2.27. The van der Waals surface area contributed by atoms with Gasteiger partial charge < -0.3 is 0 Å². The van der Waals surface area contributed by atoms with Gasteiger partial charge in [-0.1, -0.05) is 37.0 Å². The molecular weight excluding hydrogens is 332 g/mol. The van der Waals surface area contributed by atoms with Gasteiger partial charge in [0.05, 0.1) is 5.75 Å². The van der Waals surface area contributed by atoms with Gasteiger partial charge in [-0.25, -0.2) is 0 Å². The second-order valence-electron chi connectivity index (χ2n) is 6.79. The van der Waals surface area contributed by atoms with Gasteiger partial charge in [0.25, 0.3) is 0 Å². The minimum atomic E-state index is -3.70. The van der Waals surface area contributed by atoms with Gasteiger partial charge in [-0.2, -0.15) is 0 Å². The van der Waals surface area contributed by atoms with E-state index < -0.39 is 20.4 Å². The van der Waals surface area contributed by atoms with Crippen molar-refractivity contribution in [2.24, 2.45) is 5.92 Å². The molecule has 0 bridgehead atoms. The van der Waals surface area contributed by atoms with Crippen LogP contribution in [0.5, 0.6) is 0 Å². The lowest BCUT2D eigenvalue weighted by atomic mass is 9.87. The molecule has 130 valence electrons. The number of rotatable bonds is 6. The molecule has 6 heteroatoms. The van der Waals surface area contributed by atoms with Crippen molar-refractivity contribution in [2.45, 2.75) is 43.9 Å². The van der Waals surface area contributed by atoms with Gasteiger partial charge >= 0.3 is 10.1 Å². The third-order valence-corrected chi connectivity index (χ3v) is 8.43. The average Bonchev–Trinajstić information content (AvgIpc) is 2.47. The molecule has 1 aliphatic carbocycles. The topological polar surface area (TPSA) is 64.0 Å². The SMILES string of the molecule is Cc1ccc(S(=O)(=O)[OH+]S(C)(C)CC(=O)C2CCCCC2)cc1. The molecule has 1 N–H and O–H groups in total. The number of ketones is 1. The van der Waals surface area contributed by atoms with E-state index in [1.807, 2.05) is 6.92 Å². The number of hydrogen-bond donors (Lipinski definition) is 0. The minimum Gasteiger partial charge on any atom is -0.298 e. The summed E-state index contributed by atoms with van der Waals surface area (Å²) in [5, 5.41) is 0. The van der Waals surface area contributed by atoms with Crippen molar-refractivity contribution < 1.29 is 16.8 Å². The van der Waals surface area contributed by atoms with Crippen LogP contribution in [0.4, 0.5) is 0 Å². The molecule has 1 aromatic carbocycles. The number of Topliss-reactive ketones (excluding diaryl/α,β-unsaturated/α-hetero) is 1. The van der Waals surface area contributed by atoms with Gasteiger partial charge in [0, 0.05) is 18.4 Å². The van der Waals surface area contributed by atoms with Crippen LogP contribution >= 0.6 is 10.3 Å². The normalized spacial score (nSPS) is 17.9. The van der Waals surface area contributed by atoms with Crippen LogP contribution in [0.2, 0.25) is 0 Å². The van der Waals surface area contributed by atoms with Gasteiger partial charge in [-0.05, 0) is 42.2 Å². The maximum Gasteiger partial charge on any atom is 0.421 e. The van der Waals surface area contributed by atoms with Gasteiger partial charge in [0.1, 0.15) is 4.90 Å². The lowest BCUT2D eigenvalue weighted by molar-refractivity contribution is -0.121. The van der Waals surface area contributed by atoms with E-state index in [1.54, 1.807) is 36.8 Å². The monoisotopic (exact) mass is 359 g/mol. The van der Waals surface area contributed by atoms with Crippen molar-refractivity contribution in [1.29, 1.82) is 0 Å². The van der Waals surface area contributed by atoms with E-state index in [2.05, 4.69) is 3.63 Å². The van der Waals surface area contributed by atoms with Gasteiger partial charge in [0.15, 0.2) is 5.78 Å². The molecule has 0 atom stereocenters. The van der Waals surface area contributed by atoms with Crippen LogP contribution in [0.1, 0.15) is 37.7 Å².